The van der Waals surface area contributed by atoms with Crippen LogP contribution in [-0.4, -0.2) is 54.7 Å². The largest absolute Gasteiger partial charge is 0.417 e. The van der Waals surface area contributed by atoms with Gasteiger partial charge in [-0.15, -0.1) is 0 Å². The Kier molecular flexibility index (Phi) is 3.99. The first-order chi connectivity index (χ1) is 10.9. The second-order valence-electron chi connectivity index (χ2n) is 5.31. The minimum Gasteiger partial charge on any atom is -0.408 e. The Hall–Kier alpha value is -2.13. The van der Waals surface area contributed by atoms with Gasteiger partial charge in [0.25, 0.3) is 0 Å². The zero-order chi connectivity index (χ0) is 16.6. The van der Waals surface area contributed by atoms with E-state index >= 15 is 0 Å². The molecule has 0 spiro atoms. The average Bonchev–Trinajstić information content (AvgIpc) is 2.93. The van der Waals surface area contributed by atoms with E-state index in [1.807, 2.05) is 0 Å². The van der Waals surface area contributed by atoms with Crippen LogP contribution in [0.5, 0.6) is 0 Å². The van der Waals surface area contributed by atoms with E-state index in [2.05, 4.69) is 4.98 Å². The number of hydrogen-bond acceptors (Lipinski definition) is 5. The molecule has 1 aliphatic rings. The minimum atomic E-state index is -3.68. The molecule has 0 aliphatic carbocycles. The van der Waals surface area contributed by atoms with Gasteiger partial charge >= 0.3 is 5.76 Å². The smallest absolute Gasteiger partial charge is 0.408 e. The van der Waals surface area contributed by atoms with E-state index in [0.29, 0.717) is 25.0 Å². The maximum Gasteiger partial charge on any atom is 0.417 e. The number of benzene rings is 1. The van der Waals surface area contributed by atoms with Crippen LogP contribution < -0.4 is 5.76 Å². The van der Waals surface area contributed by atoms with Crippen LogP contribution in [0, 0.1) is 0 Å². The highest BCUT2D eigenvalue weighted by molar-refractivity contribution is 7.89. The van der Waals surface area contributed by atoms with Gasteiger partial charge < -0.3 is 9.32 Å². The molecule has 1 aliphatic heterocycles. The van der Waals surface area contributed by atoms with Crippen molar-refractivity contribution in [3.05, 3.63) is 28.7 Å². The number of hydrogen-bond donors (Lipinski definition) is 1. The summed E-state index contributed by atoms with van der Waals surface area (Å²) in [5, 5.41) is 0. The number of fused-ring (bicyclic) bond motifs is 1. The van der Waals surface area contributed by atoms with E-state index in [-0.39, 0.29) is 29.5 Å². The van der Waals surface area contributed by atoms with E-state index in [0.717, 1.165) is 0 Å². The number of amides is 1. The van der Waals surface area contributed by atoms with Crippen molar-refractivity contribution in [2.75, 3.05) is 26.2 Å². The summed E-state index contributed by atoms with van der Waals surface area (Å²) < 4.78 is 31.6. The van der Waals surface area contributed by atoms with E-state index in [1.165, 1.54) is 22.5 Å². The summed E-state index contributed by atoms with van der Waals surface area (Å²) in [6.45, 7) is 3.05. The first-order valence-electron chi connectivity index (χ1n) is 7.32. The molecule has 8 nitrogen and oxygen atoms in total. The van der Waals surface area contributed by atoms with Crippen molar-refractivity contribution < 1.29 is 17.6 Å². The lowest BCUT2D eigenvalue weighted by atomic mass is 10.3. The SMILES string of the molecule is CCC(=O)N1CCN(S(=O)(=O)c2ccc3[nH]c(=O)oc3c2)CC1. The van der Waals surface area contributed by atoms with Gasteiger partial charge in [0, 0.05) is 38.7 Å². The second-order valence-corrected chi connectivity index (χ2v) is 7.25. The van der Waals surface area contributed by atoms with Crippen LogP contribution in [0.4, 0.5) is 0 Å². The Balaban J connectivity index is 1.83. The van der Waals surface area contributed by atoms with Gasteiger partial charge in [-0.05, 0) is 12.1 Å². The Morgan fingerprint density at radius 1 is 1.26 bits per heavy atom. The molecule has 2 heterocycles. The first kappa shape index (κ1) is 15.8. The molecule has 124 valence electrons. The zero-order valence-electron chi connectivity index (χ0n) is 12.6. The third-order valence-corrected chi connectivity index (χ3v) is 5.82. The van der Waals surface area contributed by atoms with E-state index in [4.69, 9.17) is 4.42 Å². The number of nitrogens with one attached hydrogen (secondary N) is 1. The Morgan fingerprint density at radius 2 is 1.96 bits per heavy atom. The summed E-state index contributed by atoms with van der Waals surface area (Å²) in [5.74, 6) is -0.598. The molecule has 1 saturated heterocycles. The van der Waals surface area contributed by atoms with Crippen molar-refractivity contribution in [1.29, 1.82) is 0 Å². The quantitative estimate of drug-likeness (QED) is 0.870. The van der Waals surface area contributed by atoms with Crippen LogP contribution in [-0.2, 0) is 14.8 Å². The van der Waals surface area contributed by atoms with Crippen molar-refractivity contribution in [1.82, 2.24) is 14.2 Å². The predicted octanol–water partition coefficient (Wildman–Crippen LogP) is 0.364. The number of sulfonamides is 1. The minimum absolute atomic E-state index is 0.0255. The van der Waals surface area contributed by atoms with Gasteiger partial charge in [0.2, 0.25) is 15.9 Å². The summed E-state index contributed by atoms with van der Waals surface area (Å²) in [7, 11) is -3.68. The van der Waals surface area contributed by atoms with Gasteiger partial charge in [-0.1, -0.05) is 6.92 Å². The van der Waals surface area contributed by atoms with Crippen molar-refractivity contribution in [3.8, 4) is 0 Å². The predicted molar refractivity (Wildman–Crippen MR) is 82.5 cm³/mol. The van der Waals surface area contributed by atoms with Crippen molar-refractivity contribution in [2.24, 2.45) is 0 Å². The average molecular weight is 339 g/mol. The van der Waals surface area contributed by atoms with Crippen LogP contribution >= 0.6 is 0 Å². The van der Waals surface area contributed by atoms with E-state index < -0.39 is 15.8 Å². The summed E-state index contributed by atoms with van der Waals surface area (Å²) in [4.78, 5) is 27.0. The lowest BCUT2D eigenvalue weighted by Crippen LogP contribution is -2.50. The molecule has 0 radical (unpaired) electrons. The molecule has 0 atom stereocenters. The first-order valence-corrected chi connectivity index (χ1v) is 8.76. The second kappa shape index (κ2) is 5.82. The lowest BCUT2D eigenvalue weighted by molar-refractivity contribution is -0.132. The van der Waals surface area contributed by atoms with Gasteiger partial charge in [-0.25, -0.2) is 13.2 Å². The summed E-state index contributed by atoms with van der Waals surface area (Å²) >= 11 is 0. The van der Waals surface area contributed by atoms with Crippen molar-refractivity contribution >= 4 is 27.0 Å². The van der Waals surface area contributed by atoms with Crippen LogP contribution in [0.1, 0.15) is 13.3 Å². The third-order valence-electron chi connectivity index (χ3n) is 3.92. The maximum atomic E-state index is 12.7. The van der Waals surface area contributed by atoms with Gasteiger partial charge in [0.15, 0.2) is 5.58 Å². The number of rotatable bonds is 3. The summed E-state index contributed by atoms with van der Waals surface area (Å²) in [6.07, 6.45) is 0.413. The van der Waals surface area contributed by atoms with Crippen LogP contribution in [0.15, 0.2) is 32.3 Å². The molecule has 3 rings (SSSR count). The molecular weight excluding hydrogens is 322 g/mol. The standard InChI is InChI=1S/C14H17N3O5S/c1-2-13(18)16-5-7-17(8-6-16)23(20,21)10-3-4-11-12(9-10)22-14(19)15-11/h3-4,9H,2,5-8H2,1H3,(H,15,19). The molecule has 1 aromatic carbocycles. The highest BCUT2D eigenvalue weighted by atomic mass is 32.2. The number of oxazole rings is 1. The molecule has 2 aromatic rings. The monoisotopic (exact) mass is 339 g/mol. The molecule has 1 amide bonds. The number of aromatic amines is 1. The van der Waals surface area contributed by atoms with Crippen LogP contribution in [0.25, 0.3) is 11.1 Å². The molecule has 9 heteroatoms. The Bertz CT molecular complexity index is 891. The van der Waals surface area contributed by atoms with Crippen molar-refractivity contribution in [3.63, 3.8) is 0 Å². The number of carbonyl (C=O) groups is 1. The molecule has 0 bridgehead atoms. The number of carbonyl (C=O) groups excluding carboxylic acids is 1. The molecule has 1 fully saturated rings. The zero-order valence-corrected chi connectivity index (χ0v) is 13.4. The summed E-state index contributed by atoms with van der Waals surface area (Å²) in [5.41, 5.74) is 0.656. The lowest BCUT2D eigenvalue weighted by Gasteiger charge is -2.33. The van der Waals surface area contributed by atoms with Gasteiger partial charge in [0.1, 0.15) is 0 Å². The third kappa shape index (κ3) is 2.89. The molecule has 1 aromatic heterocycles. The van der Waals surface area contributed by atoms with Crippen LogP contribution in [0.2, 0.25) is 0 Å². The maximum absolute atomic E-state index is 12.7. The Morgan fingerprint density at radius 3 is 2.61 bits per heavy atom. The molecule has 1 N–H and O–H groups in total. The van der Waals surface area contributed by atoms with Gasteiger partial charge in [0.05, 0.1) is 10.4 Å². The fourth-order valence-electron chi connectivity index (χ4n) is 2.64. The highest BCUT2D eigenvalue weighted by Crippen LogP contribution is 2.21. The summed E-state index contributed by atoms with van der Waals surface area (Å²) in [6, 6.07) is 4.28. The number of aromatic nitrogens is 1. The fourth-order valence-corrected chi connectivity index (χ4v) is 4.07. The molecule has 23 heavy (non-hydrogen) atoms. The topological polar surface area (TPSA) is 104 Å². The van der Waals surface area contributed by atoms with Crippen LogP contribution in [0.3, 0.4) is 0 Å². The number of H-pyrrole nitrogens is 1. The van der Waals surface area contributed by atoms with E-state index in [9.17, 15) is 18.0 Å². The number of nitrogens with zero attached hydrogens (tertiary/aromatic N) is 2. The Labute approximate surface area is 132 Å². The van der Waals surface area contributed by atoms with Gasteiger partial charge in [-0.2, -0.15) is 4.31 Å². The molecule has 0 unspecified atom stereocenters. The normalized spacial score (nSPS) is 16.8. The van der Waals surface area contributed by atoms with E-state index in [1.54, 1.807) is 11.8 Å². The number of piperazine rings is 1. The molecular formula is C14H17N3O5S. The van der Waals surface area contributed by atoms with Crippen molar-refractivity contribution in [2.45, 2.75) is 18.2 Å². The highest BCUT2D eigenvalue weighted by Gasteiger charge is 2.30. The fraction of sp³-hybridized carbons (Fsp3) is 0.429. The molecule has 0 saturated carbocycles. The van der Waals surface area contributed by atoms with Gasteiger partial charge in [-0.3, -0.25) is 9.78 Å².